The van der Waals surface area contributed by atoms with Crippen LogP contribution in [0.2, 0.25) is 5.02 Å². The van der Waals surface area contributed by atoms with E-state index in [0.29, 0.717) is 11.3 Å². The topological polar surface area (TPSA) is 69.7 Å². The smallest absolute Gasteiger partial charge is 0.189 e. The highest BCUT2D eigenvalue weighted by Crippen LogP contribution is 2.55. The Morgan fingerprint density at radius 3 is 2.46 bits per heavy atom. The van der Waals surface area contributed by atoms with E-state index in [0.717, 1.165) is 12.1 Å². The highest BCUT2D eigenvalue weighted by atomic mass is 35.5. The summed E-state index contributed by atoms with van der Waals surface area (Å²) in [7, 11) is -4.28. The Hall–Kier alpha value is -2.03. The van der Waals surface area contributed by atoms with Gasteiger partial charge in [-0.3, -0.25) is 0 Å². The molecule has 0 N–H and O–H groups in total. The van der Waals surface area contributed by atoms with E-state index in [1.54, 1.807) is 0 Å². The van der Waals surface area contributed by atoms with Gasteiger partial charge in [-0.25, -0.2) is 17.2 Å². The molecule has 2 aliphatic heterocycles. The number of halogens is 3. The van der Waals surface area contributed by atoms with E-state index in [1.807, 2.05) is 0 Å². The zero-order chi connectivity index (χ0) is 20.1. The first-order valence-electron chi connectivity index (χ1n) is 8.51. The van der Waals surface area contributed by atoms with Crippen molar-refractivity contribution in [2.75, 3.05) is 13.2 Å². The Morgan fingerprint density at radius 2 is 1.79 bits per heavy atom. The minimum atomic E-state index is -4.28. The molecule has 5 nitrogen and oxygen atoms in total. The minimum absolute atomic E-state index is 0.107. The number of sulfone groups is 1. The van der Waals surface area contributed by atoms with Gasteiger partial charge in [0, 0.05) is 11.6 Å². The lowest BCUT2D eigenvalue weighted by Crippen LogP contribution is -2.58. The molecule has 148 valence electrons. The fraction of sp³-hybridized carbons (Fsp3) is 0.316. The second-order valence-electron chi connectivity index (χ2n) is 6.72. The Balaban J connectivity index is 2.05. The summed E-state index contributed by atoms with van der Waals surface area (Å²) in [4.78, 5) is 11.5. The van der Waals surface area contributed by atoms with Crippen LogP contribution in [0.5, 0.6) is 5.75 Å². The fourth-order valence-electron chi connectivity index (χ4n) is 4.12. The number of ether oxygens (including phenoxy) is 2. The normalized spacial score (nSPS) is 26.7. The van der Waals surface area contributed by atoms with Crippen LogP contribution >= 0.6 is 11.6 Å². The molecule has 1 saturated heterocycles. The van der Waals surface area contributed by atoms with Crippen LogP contribution in [-0.4, -0.2) is 34.0 Å². The number of aldehydes is 1. The molecule has 4 rings (SSSR count). The van der Waals surface area contributed by atoms with Gasteiger partial charge in [-0.1, -0.05) is 11.6 Å². The standard InChI is InChI=1S/C19H15ClF2O5S/c20-11-1-3-12(4-2-11)28(24,25)19-7-8-26-16(9-23)13(19)10-27-18-15(22)6-5-14(21)17(18)19/h1-6,9,13,16H,7-8,10H2/t13?,16?,19-/m0/s1. The maximum Gasteiger partial charge on any atom is 0.189 e. The van der Waals surface area contributed by atoms with Crippen molar-refractivity contribution in [1.82, 2.24) is 0 Å². The van der Waals surface area contributed by atoms with E-state index in [2.05, 4.69) is 0 Å². The molecule has 0 bridgehead atoms. The van der Waals surface area contributed by atoms with Crippen molar-refractivity contribution in [2.45, 2.75) is 22.2 Å². The van der Waals surface area contributed by atoms with E-state index < -0.39 is 49.6 Å². The van der Waals surface area contributed by atoms with E-state index in [1.165, 1.54) is 24.3 Å². The molecule has 2 aliphatic rings. The molecular formula is C19H15ClF2O5S. The van der Waals surface area contributed by atoms with Crippen molar-refractivity contribution < 1.29 is 31.5 Å². The molecule has 0 aliphatic carbocycles. The van der Waals surface area contributed by atoms with Crippen LogP contribution in [0, 0.1) is 17.6 Å². The summed E-state index contributed by atoms with van der Waals surface area (Å²) in [5, 5.41) is 0.329. The van der Waals surface area contributed by atoms with E-state index in [9.17, 15) is 22.0 Å². The molecule has 0 radical (unpaired) electrons. The molecule has 28 heavy (non-hydrogen) atoms. The zero-order valence-electron chi connectivity index (χ0n) is 14.4. The zero-order valence-corrected chi connectivity index (χ0v) is 16.0. The molecule has 2 aromatic rings. The molecule has 2 unspecified atom stereocenters. The molecule has 9 heteroatoms. The SMILES string of the molecule is O=CC1OCC[C@@]2(S(=O)(=O)c3ccc(Cl)cc3)c3c(F)ccc(F)c3OCC12. The first kappa shape index (κ1) is 19.3. The number of carbonyl (C=O) groups excluding carboxylic acids is 1. The summed E-state index contributed by atoms with van der Waals surface area (Å²) in [6.45, 7) is -0.411. The van der Waals surface area contributed by atoms with Crippen LogP contribution in [-0.2, 0) is 24.1 Å². The Labute approximate surface area is 165 Å². The van der Waals surface area contributed by atoms with Gasteiger partial charge in [0.1, 0.15) is 23.0 Å². The first-order valence-corrected chi connectivity index (χ1v) is 10.4. The highest BCUT2D eigenvalue weighted by Gasteiger charge is 2.61. The molecule has 0 saturated carbocycles. The Morgan fingerprint density at radius 1 is 1.11 bits per heavy atom. The largest absolute Gasteiger partial charge is 0.490 e. The highest BCUT2D eigenvalue weighted by molar-refractivity contribution is 7.92. The van der Waals surface area contributed by atoms with E-state index >= 15 is 0 Å². The van der Waals surface area contributed by atoms with Gasteiger partial charge < -0.3 is 14.3 Å². The lowest BCUT2D eigenvalue weighted by atomic mass is 9.76. The van der Waals surface area contributed by atoms with Crippen molar-refractivity contribution in [2.24, 2.45) is 5.92 Å². The number of benzene rings is 2. The number of hydrogen-bond acceptors (Lipinski definition) is 5. The predicted molar refractivity (Wildman–Crippen MR) is 96.1 cm³/mol. The Bertz CT molecular complexity index is 1040. The summed E-state index contributed by atoms with van der Waals surface area (Å²) in [5.74, 6) is -3.26. The third-order valence-corrected chi connectivity index (χ3v) is 8.22. The Kier molecular flexibility index (Phi) is 4.68. The van der Waals surface area contributed by atoms with Gasteiger partial charge in [0.05, 0.1) is 23.0 Å². The van der Waals surface area contributed by atoms with Crippen molar-refractivity contribution in [3.63, 3.8) is 0 Å². The average Bonchev–Trinajstić information content (AvgIpc) is 2.69. The van der Waals surface area contributed by atoms with Gasteiger partial charge in [-0.05, 0) is 42.8 Å². The second-order valence-corrected chi connectivity index (χ2v) is 9.36. The molecule has 0 amide bonds. The number of rotatable bonds is 3. The summed E-state index contributed by atoms with van der Waals surface area (Å²) in [5.41, 5.74) is -0.395. The van der Waals surface area contributed by atoms with Crippen molar-refractivity contribution in [1.29, 1.82) is 0 Å². The monoisotopic (exact) mass is 428 g/mol. The second kappa shape index (κ2) is 6.79. The van der Waals surface area contributed by atoms with Crippen molar-refractivity contribution in [3.05, 3.63) is 58.6 Å². The number of hydrogen-bond donors (Lipinski definition) is 0. The molecule has 0 spiro atoms. The molecule has 1 fully saturated rings. The molecule has 2 heterocycles. The van der Waals surface area contributed by atoms with Crippen LogP contribution in [0.1, 0.15) is 12.0 Å². The van der Waals surface area contributed by atoms with Gasteiger partial charge >= 0.3 is 0 Å². The summed E-state index contributed by atoms with van der Waals surface area (Å²) in [6.07, 6.45) is -0.808. The van der Waals surface area contributed by atoms with Crippen molar-refractivity contribution in [3.8, 4) is 5.75 Å². The van der Waals surface area contributed by atoms with Crippen LogP contribution < -0.4 is 4.74 Å². The number of fused-ring (bicyclic) bond motifs is 3. The van der Waals surface area contributed by atoms with E-state index in [4.69, 9.17) is 21.1 Å². The summed E-state index contributed by atoms with van der Waals surface area (Å²) >= 11 is 5.87. The predicted octanol–water partition coefficient (Wildman–Crippen LogP) is 3.28. The maximum absolute atomic E-state index is 14.9. The summed E-state index contributed by atoms with van der Waals surface area (Å²) < 4.78 is 65.8. The van der Waals surface area contributed by atoms with Crippen LogP contribution in [0.4, 0.5) is 8.78 Å². The quantitative estimate of drug-likeness (QED) is 0.702. The van der Waals surface area contributed by atoms with Gasteiger partial charge in [-0.15, -0.1) is 0 Å². The lowest BCUT2D eigenvalue weighted by Gasteiger charge is -2.48. The fourth-order valence-corrected chi connectivity index (χ4v) is 6.57. The van der Waals surface area contributed by atoms with Crippen LogP contribution in [0.3, 0.4) is 0 Å². The van der Waals surface area contributed by atoms with Gasteiger partial charge in [0.25, 0.3) is 0 Å². The average molecular weight is 429 g/mol. The van der Waals surface area contributed by atoms with E-state index in [-0.39, 0.29) is 24.5 Å². The molecule has 0 aromatic heterocycles. The van der Waals surface area contributed by atoms with Crippen LogP contribution in [0.15, 0.2) is 41.3 Å². The van der Waals surface area contributed by atoms with Gasteiger partial charge in [0.15, 0.2) is 21.4 Å². The molecule has 3 atom stereocenters. The third kappa shape index (κ3) is 2.58. The van der Waals surface area contributed by atoms with Gasteiger partial charge in [0.2, 0.25) is 0 Å². The maximum atomic E-state index is 14.9. The lowest BCUT2D eigenvalue weighted by molar-refractivity contribution is -0.131. The molecular weight excluding hydrogens is 414 g/mol. The van der Waals surface area contributed by atoms with Gasteiger partial charge in [-0.2, -0.15) is 0 Å². The summed E-state index contributed by atoms with van der Waals surface area (Å²) in [6, 6.07) is 7.16. The minimum Gasteiger partial charge on any atom is -0.490 e. The van der Waals surface area contributed by atoms with Crippen molar-refractivity contribution >= 4 is 27.7 Å². The number of carbonyl (C=O) groups is 1. The van der Waals surface area contributed by atoms with Crippen LogP contribution in [0.25, 0.3) is 0 Å². The molecule has 2 aromatic carbocycles. The third-order valence-electron chi connectivity index (χ3n) is 5.41. The first-order chi connectivity index (χ1) is 13.3.